The summed E-state index contributed by atoms with van der Waals surface area (Å²) in [5, 5.41) is 10.3. The van der Waals surface area contributed by atoms with Crippen molar-refractivity contribution >= 4 is 0 Å². The second-order valence-electron chi connectivity index (χ2n) is 6.01. The van der Waals surface area contributed by atoms with Gasteiger partial charge < -0.3 is 9.84 Å². The Morgan fingerprint density at radius 1 is 1.15 bits per heavy atom. The maximum atomic E-state index is 10.3. The maximum Gasteiger partial charge on any atom is 0.122 e. The smallest absolute Gasteiger partial charge is 0.122 e. The van der Waals surface area contributed by atoms with Crippen LogP contribution in [-0.4, -0.2) is 17.8 Å². The van der Waals surface area contributed by atoms with E-state index < -0.39 is 0 Å². The average molecular weight is 276 g/mol. The Labute approximate surface area is 123 Å². The number of hydrogen-bond acceptors (Lipinski definition) is 2. The van der Waals surface area contributed by atoms with E-state index in [1.54, 1.807) is 0 Å². The molecule has 0 amide bonds. The molecule has 0 aromatic heterocycles. The summed E-state index contributed by atoms with van der Waals surface area (Å²) < 4.78 is 5.76. The van der Waals surface area contributed by atoms with E-state index in [1.807, 2.05) is 18.2 Å². The number of rotatable bonds is 8. The van der Waals surface area contributed by atoms with Crippen molar-refractivity contribution in [3.8, 4) is 5.75 Å². The van der Waals surface area contributed by atoms with Gasteiger partial charge in [0.1, 0.15) is 5.75 Å². The summed E-state index contributed by atoms with van der Waals surface area (Å²) in [6.45, 7) is 2.90. The van der Waals surface area contributed by atoms with Crippen LogP contribution in [0.3, 0.4) is 0 Å². The summed E-state index contributed by atoms with van der Waals surface area (Å²) in [7, 11) is 0. The minimum atomic E-state index is -0.213. The van der Waals surface area contributed by atoms with Crippen LogP contribution >= 0.6 is 0 Å². The fourth-order valence-electron chi connectivity index (χ4n) is 2.97. The molecule has 1 N–H and O–H groups in total. The number of unbranched alkanes of at least 4 members (excludes halogenated alkanes) is 5. The molecule has 2 rings (SSSR count). The van der Waals surface area contributed by atoms with Crippen LogP contribution in [0.15, 0.2) is 24.3 Å². The van der Waals surface area contributed by atoms with Gasteiger partial charge in [0.25, 0.3) is 0 Å². The largest absolute Gasteiger partial charge is 0.493 e. The number of para-hydroxylation sites is 1. The molecule has 0 bridgehead atoms. The molecule has 2 unspecified atom stereocenters. The van der Waals surface area contributed by atoms with Gasteiger partial charge in [0.05, 0.1) is 12.7 Å². The van der Waals surface area contributed by atoms with Gasteiger partial charge in [-0.3, -0.25) is 0 Å². The first-order valence-electron chi connectivity index (χ1n) is 8.20. The summed E-state index contributed by atoms with van der Waals surface area (Å²) in [4.78, 5) is 0. The molecule has 2 nitrogen and oxygen atoms in total. The minimum Gasteiger partial charge on any atom is -0.493 e. The van der Waals surface area contributed by atoms with Gasteiger partial charge in [0.2, 0.25) is 0 Å². The van der Waals surface area contributed by atoms with Crippen molar-refractivity contribution in [2.45, 2.75) is 64.4 Å². The Balaban J connectivity index is 1.68. The highest BCUT2D eigenvalue weighted by Gasteiger charge is 2.25. The second kappa shape index (κ2) is 8.31. The van der Waals surface area contributed by atoms with E-state index >= 15 is 0 Å². The molecule has 2 atom stereocenters. The first kappa shape index (κ1) is 15.4. The minimum absolute atomic E-state index is 0.213. The predicted molar refractivity (Wildman–Crippen MR) is 83.1 cm³/mol. The van der Waals surface area contributed by atoms with Gasteiger partial charge in [-0.15, -0.1) is 0 Å². The van der Waals surface area contributed by atoms with Crippen molar-refractivity contribution < 1.29 is 9.84 Å². The van der Waals surface area contributed by atoms with Crippen molar-refractivity contribution in [1.29, 1.82) is 0 Å². The normalized spacial score (nSPS) is 19.2. The van der Waals surface area contributed by atoms with E-state index in [1.165, 1.54) is 37.7 Å². The van der Waals surface area contributed by atoms with Crippen LogP contribution in [0, 0.1) is 5.92 Å². The van der Waals surface area contributed by atoms with Crippen LogP contribution in [-0.2, 0) is 6.42 Å². The van der Waals surface area contributed by atoms with Crippen LogP contribution in [0.25, 0.3) is 0 Å². The van der Waals surface area contributed by atoms with E-state index in [0.29, 0.717) is 6.61 Å². The fraction of sp³-hybridized carbons (Fsp3) is 0.667. The maximum absolute atomic E-state index is 10.3. The van der Waals surface area contributed by atoms with Gasteiger partial charge in [0, 0.05) is 5.92 Å². The van der Waals surface area contributed by atoms with E-state index in [2.05, 4.69) is 13.0 Å². The lowest BCUT2D eigenvalue weighted by atomic mass is 9.89. The zero-order chi connectivity index (χ0) is 14.2. The van der Waals surface area contributed by atoms with Crippen LogP contribution in [0.1, 0.15) is 57.4 Å². The highest BCUT2D eigenvalue weighted by Crippen LogP contribution is 2.29. The lowest BCUT2D eigenvalue weighted by Crippen LogP contribution is -2.31. The molecule has 0 radical (unpaired) electrons. The molecule has 0 saturated carbocycles. The number of aliphatic hydroxyl groups is 1. The molecular formula is C18H28O2. The lowest BCUT2D eigenvalue weighted by Gasteiger charge is -2.28. The molecular weight excluding hydrogens is 248 g/mol. The number of ether oxygens (including phenoxy) is 1. The Hall–Kier alpha value is -1.02. The Bertz CT molecular complexity index is 389. The second-order valence-corrected chi connectivity index (χ2v) is 6.01. The number of benzene rings is 1. The van der Waals surface area contributed by atoms with E-state index in [-0.39, 0.29) is 12.0 Å². The van der Waals surface area contributed by atoms with Crippen LogP contribution in [0.5, 0.6) is 5.75 Å². The number of fused-ring (bicyclic) bond motifs is 1. The van der Waals surface area contributed by atoms with Gasteiger partial charge in [-0.05, 0) is 24.5 Å². The fourth-order valence-corrected chi connectivity index (χ4v) is 2.97. The molecule has 20 heavy (non-hydrogen) atoms. The monoisotopic (exact) mass is 276 g/mol. The zero-order valence-corrected chi connectivity index (χ0v) is 12.7. The lowest BCUT2D eigenvalue weighted by molar-refractivity contribution is 0.0567. The highest BCUT2D eigenvalue weighted by molar-refractivity contribution is 5.35. The Morgan fingerprint density at radius 2 is 1.90 bits per heavy atom. The van der Waals surface area contributed by atoms with Crippen molar-refractivity contribution in [3.63, 3.8) is 0 Å². The first-order valence-corrected chi connectivity index (χ1v) is 8.20. The van der Waals surface area contributed by atoms with E-state index in [9.17, 15) is 5.11 Å². The summed E-state index contributed by atoms with van der Waals surface area (Å²) in [6, 6.07) is 8.18. The third kappa shape index (κ3) is 4.52. The molecule has 1 heterocycles. The highest BCUT2D eigenvalue weighted by atomic mass is 16.5. The van der Waals surface area contributed by atoms with Gasteiger partial charge in [0.15, 0.2) is 0 Å². The molecule has 1 aliphatic heterocycles. The molecule has 0 aliphatic carbocycles. The van der Waals surface area contributed by atoms with Crippen molar-refractivity contribution in [3.05, 3.63) is 29.8 Å². The SMILES string of the molecule is CCCCCCCCC(O)C1COc2ccccc2C1. The van der Waals surface area contributed by atoms with Crippen molar-refractivity contribution in [2.24, 2.45) is 5.92 Å². The molecule has 0 fully saturated rings. The van der Waals surface area contributed by atoms with Gasteiger partial charge >= 0.3 is 0 Å². The predicted octanol–water partition coefficient (Wildman–Crippen LogP) is 4.35. The van der Waals surface area contributed by atoms with E-state index in [4.69, 9.17) is 4.74 Å². The third-order valence-electron chi connectivity index (χ3n) is 4.31. The topological polar surface area (TPSA) is 29.5 Å². The Morgan fingerprint density at radius 3 is 2.75 bits per heavy atom. The quantitative estimate of drug-likeness (QED) is 0.715. The van der Waals surface area contributed by atoms with Crippen LogP contribution < -0.4 is 4.74 Å². The van der Waals surface area contributed by atoms with Gasteiger partial charge in [-0.1, -0.05) is 63.6 Å². The Kier molecular flexibility index (Phi) is 6.38. The van der Waals surface area contributed by atoms with Crippen molar-refractivity contribution in [2.75, 3.05) is 6.61 Å². The molecule has 1 aliphatic rings. The summed E-state index contributed by atoms with van der Waals surface area (Å²) in [5.41, 5.74) is 1.24. The summed E-state index contributed by atoms with van der Waals surface area (Å²) >= 11 is 0. The molecule has 0 spiro atoms. The first-order chi connectivity index (χ1) is 9.81. The number of aliphatic hydroxyl groups excluding tert-OH is 1. The van der Waals surface area contributed by atoms with Gasteiger partial charge in [-0.2, -0.15) is 0 Å². The van der Waals surface area contributed by atoms with Crippen LogP contribution in [0.2, 0.25) is 0 Å². The molecule has 2 heteroatoms. The third-order valence-corrected chi connectivity index (χ3v) is 4.31. The standard InChI is InChI=1S/C18H28O2/c1-2-3-4-5-6-7-11-17(19)16-13-15-10-8-9-12-18(15)20-14-16/h8-10,12,16-17,19H,2-7,11,13-14H2,1H3. The van der Waals surface area contributed by atoms with Gasteiger partial charge in [-0.25, -0.2) is 0 Å². The molecule has 1 aromatic carbocycles. The van der Waals surface area contributed by atoms with Crippen molar-refractivity contribution in [1.82, 2.24) is 0 Å². The number of hydrogen-bond donors (Lipinski definition) is 1. The molecule has 1 aromatic rings. The summed E-state index contributed by atoms with van der Waals surface area (Å²) in [5.74, 6) is 1.26. The zero-order valence-electron chi connectivity index (χ0n) is 12.7. The molecule has 112 valence electrons. The summed E-state index contributed by atoms with van der Waals surface area (Å²) in [6.07, 6.45) is 9.34. The van der Waals surface area contributed by atoms with E-state index in [0.717, 1.165) is 25.0 Å². The van der Waals surface area contributed by atoms with Crippen LogP contribution in [0.4, 0.5) is 0 Å². The average Bonchev–Trinajstić information content (AvgIpc) is 2.50. The molecule has 0 saturated heterocycles.